The first-order chi connectivity index (χ1) is 18.5. The molecule has 3 N–H and O–H groups in total. The number of likely N-dealkylation sites (tertiary alicyclic amines) is 1. The largest absolute Gasteiger partial charge is 0.444 e. The minimum absolute atomic E-state index is 0.169. The Morgan fingerprint density at radius 3 is 2.21 bits per heavy atom. The molecule has 1 heterocycles. The van der Waals surface area contributed by atoms with E-state index in [4.69, 9.17) is 4.74 Å². The van der Waals surface area contributed by atoms with Crippen molar-refractivity contribution < 1.29 is 28.3 Å². The topological polar surface area (TPSA) is 117 Å². The molecule has 1 aliphatic rings. The van der Waals surface area contributed by atoms with Crippen molar-refractivity contribution in [2.24, 2.45) is 5.92 Å². The van der Waals surface area contributed by atoms with Gasteiger partial charge in [0.15, 0.2) is 0 Å². The first-order valence-corrected chi connectivity index (χ1v) is 13.1. The summed E-state index contributed by atoms with van der Waals surface area (Å²) in [7, 11) is 0. The van der Waals surface area contributed by atoms with Crippen LogP contribution in [0.25, 0.3) is 0 Å². The van der Waals surface area contributed by atoms with E-state index < -0.39 is 17.7 Å². The second-order valence-electron chi connectivity index (χ2n) is 10.6. The molecule has 4 amide bonds. The van der Waals surface area contributed by atoms with Crippen LogP contribution in [0.15, 0.2) is 54.6 Å². The molecule has 0 spiro atoms. The van der Waals surface area contributed by atoms with Gasteiger partial charge in [-0.1, -0.05) is 42.5 Å². The Kier molecular flexibility index (Phi) is 10.4. The Morgan fingerprint density at radius 2 is 1.59 bits per heavy atom. The second kappa shape index (κ2) is 13.7. The molecule has 1 saturated heterocycles. The van der Waals surface area contributed by atoms with Crippen molar-refractivity contribution in [3.8, 4) is 0 Å². The molecule has 2 aromatic rings. The number of halogens is 1. The van der Waals surface area contributed by atoms with Crippen LogP contribution in [0.2, 0.25) is 0 Å². The number of benzene rings is 2. The van der Waals surface area contributed by atoms with E-state index in [-0.39, 0.29) is 42.5 Å². The van der Waals surface area contributed by atoms with Crippen LogP contribution in [0.4, 0.5) is 9.18 Å². The Bertz CT molecular complexity index is 1130. The third-order valence-electron chi connectivity index (χ3n) is 6.28. The van der Waals surface area contributed by atoms with Gasteiger partial charge in [-0.25, -0.2) is 9.18 Å². The number of alkyl carbamates (subject to hydrolysis) is 1. The van der Waals surface area contributed by atoms with Gasteiger partial charge in [0.05, 0.1) is 6.54 Å². The Morgan fingerprint density at radius 1 is 0.949 bits per heavy atom. The highest BCUT2D eigenvalue weighted by Gasteiger charge is 2.32. The molecule has 1 fully saturated rings. The summed E-state index contributed by atoms with van der Waals surface area (Å²) in [6.07, 6.45) is 0.536. The fourth-order valence-electron chi connectivity index (χ4n) is 4.26. The minimum atomic E-state index is -0.808. The van der Waals surface area contributed by atoms with Crippen LogP contribution in [0.5, 0.6) is 0 Å². The predicted molar refractivity (Wildman–Crippen MR) is 144 cm³/mol. The van der Waals surface area contributed by atoms with Crippen molar-refractivity contribution >= 4 is 23.8 Å². The lowest BCUT2D eigenvalue weighted by molar-refractivity contribution is -0.137. The molecular weight excluding hydrogens is 503 g/mol. The van der Waals surface area contributed by atoms with Crippen molar-refractivity contribution in [3.05, 3.63) is 71.5 Å². The molecule has 1 aliphatic heterocycles. The average molecular weight is 541 g/mol. The van der Waals surface area contributed by atoms with Gasteiger partial charge >= 0.3 is 6.09 Å². The van der Waals surface area contributed by atoms with E-state index in [2.05, 4.69) is 16.0 Å². The van der Waals surface area contributed by atoms with Gasteiger partial charge < -0.3 is 25.6 Å². The predicted octanol–water partition coefficient (Wildman–Crippen LogP) is 2.93. The van der Waals surface area contributed by atoms with Gasteiger partial charge in [-0.3, -0.25) is 14.4 Å². The summed E-state index contributed by atoms with van der Waals surface area (Å²) in [5.74, 6) is -1.51. The molecule has 9 nitrogen and oxygen atoms in total. The van der Waals surface area contributed by atoms with E-state index >= 15 is 0 Å². The number of amides is 4. The smallest absolute Gasteiger partial charge is 0.408 e. The first-order valence-electron chi connectivity index (χ1n) is 13.1. The van der Waals surface area contributed by atoms with E-state index in [0.717, 1.165) is 11.1 Å². The Balaban J connectivity index is 1.48. The lowest BCUT2D eigenvalue weighted by atomic mass is 9.95. The lowest BCUT2D eigenvalue weighted by Gasteiger charge is -2.34. The van der Waals surface area contributed by atoms with Gasteiger partial charge in [0, 0.05) is 32.0 Å². The molecule has 210 valence electrons. The van der Waals surface area contributed by atoms with Crippen molar-refractivity contribution in [1.82, 2.24) is 20.9 Å². The summed E-state index contributed by atoms with van der Waals surface area (Å²) in [6.45, 7) is 6.04. The van der Waals surface area contributed by atoms with Crippen molar-refractivity contribution in [2.45, 2.75) is 58.2 Å². The molecule has 0 bridgehead atoms. The maximum absolute atomic E-state index is 13.4. The fraction of sp³-hybridized carbons (Fsp3) is 0.448. The van der Waals surface area contributed by atoms with Gasteiger partial charge in [-0.05, 0) is 56.9 Å². The van der Waals surface area contributed by atoms with Crippen LogP contribution in [0.1, 0.15) is 44.7 Å². The number of rotatable bonds is 9. The van der Waals surface area contributed by atoms with Crippen LogP contribution < -0.4 is 16.0 Å². The summed E-state index contributed by atoms with van der Waals surface area (Å²) < 4.78 is 18.4. The number of hydrogen-bond donors (Lipinski definition) is 3. The van der Waals surface area contributed by atoms with Crippen LogP contribution in [-0.2, 0) is 32.1 Å². The number of carbonyl (C=O) groups is 4. The van der Waals surface area contributed by atoms with Gasteiger partial charge in [-0.2, -0.15) is 0 Å². The minimum Gasteiger partial charge on any atom is -0.444 e. The van der Waals surface area contributed by atoms with Crippen molar-refractivity contribution in [2.75, 3.05) is 19.6 Å². The average Bonchev–Trinajstić information content (AvgIpc) is 2.90. The zero-order valence-electron chi connectivity index (χ0n) is 22.7. The van der Waals surface area contributed by atoms with Crippen LogP contribution in [0, 0.1) is 11.7 Å². The number of hydrogen-bond acceptors (Lipinski definition) is 5. The third kappa shape index (κ3) is 10.0. The molecule has 0 radical (unpaired) electrons. The van der Waals surface area contributed by atoms with E-state index in [1.165, 1.54) is 12.1 Å². The third-order valence-corrected chi connectivity index (χ3v) is 6.28. The number of carbonyl (C=O) groups excluding carboxylic acids is 4. The Labute approximate surface area is 228 Å². The number of ether oxygens (including phenoxy) is 1. The van der Waals surface area contributed by atoms with E-state index in [1.807, 2.05) is 30.3 Å². The van der Waals surface area contributed by atoms with Crippen LogP contribution >= 0.6 is 0 Å². The summed E-state index contributed by atoms with van der Waals surface area (Å²) in [5, 5.41) is 8.06. The highest BCUT2D eigenvalue weighted by atomic mass is 19.1. The van der Waals surface area contributed by atoms with E-state index in [9.17, 15) is 23.6 Å². The van der Waals surface area contributed by atoms with Crippen LogP contribution in [-0.4, -0.2) is 60.0 Å². The van der Waals surface area contributed by atoms with Crippen LogP contribution in [0.3, 0.4) is 0 Å². The maximum Gasteiger partial charge on any atom is 0.408 e. The first kappa shape index (κ1) is 29.6. The van der Waals surface area contributed by atoms with Gasteiger partial charge in [0.2, 0.25) is 17.7 Å². The Hall–Kier alpha value is -3.95. The summed E-state index contributed by atoms with van der Waals surface area (Å²) in [6, 6.07) is 14.4. The zero-order chi connectivity index (χ0) is 28.4. The summed E-state index contributed by atoms with van der Waals surface area (Å²) in [4.78, 5) is 52.2. The second-order valence-corrected chi connectivity index (χ2v) is 10.6. The summed E-state index contributed by atoms with van der Waals surface area (Å²) in [5.41, 5.74) is 0.951. The molecule has 0 unspecified atom stereocenters. The monoisotopic (exact) mass is 540 g/mol. The molecule has 0 aliphatic carbocycles. The molecule has 0 aromatic heterocycles. The standard InChI is InChI=1S/C29H37FN4O5/c1-29(2,3)39-28(38)33-24(17-20-7-5-4-6-8-20)27(37)34-15-13-22(14-16-34)26(36)32-19-25(35)31-18-21-9-11-23(30)12-10-21/h4-12,22,24H,13-19H2,1-3H3,(H,31,35)(H,32,36)(H,33,38)/t24-/m1/s1. The van der Waals surface area contributed by atoms with E-state index in [1.54, 1.807) is 37.8 Å². The van der Waals surface area contributed by atoms with Crippen molar-refractivity contribution in [3.63, 3.8) is 0 Å². The highest BCUT2D eigenvalue weighted by Crippen LogP contribution is 2.19. The molecule has 39 heavy (non-hydrogen) atoms. The molecule has 10 heteroatoms. The van der Waals surface area contributed by atoms with E-state index in [0.29, 0.717) is 32.4 Å². The quantitative estimate of drug-likeness (QED) is 0.452. The van der Waals surface area contributed by atoms with Gasteiger partial charge in [0.1, 0.15) is 17.5 Å². The maximum atomic E-state index is 13.4. The van der Waals surface area contributed by atoms with Gasteiger partial charge in [-0.15, -0.1) is 0 Å². The van der Waals surface area contributed by atoms with Crippen molar-refractivity contribution in [1.29, 1.82) is 0 Å². The van der Waals surface area contributed by atoms with Gasteiger partial charge in [0.25, 0.3) is 0 Å². The number of piperidine rings is 1. The SMILES string of the molecule is CC(C)(C)OC(=O)N[C@H](Cc1ccccc1)C(=O)N1CCC(C(=O)NCC(=O)NCc2ccc(F)cc2)CC1. The number of nitrogens with zero attached hydrogens (tertiary/aromatic N) is 1. The highest BCUT2D eigenvalue weighted by molar-refractivity contribution is 5.87. The zero-order valence-corrected chi connectivity index (χ0v) is 22.7. The number of nitrogens with one attached hydrogen (secondary N) is 3. The molecule has 1 atom stereocenters. The molecular formula is C29H37FN4O5. The summed E-state index contributed by atoms with van der Waals surface area (Å²) >= 11 is 0. The molecule has 3 rings (SSSR count). The normalized spacial score (nSPS) is 14.7. The fourth-order valence-corrected chi connectivity index (χ4v) is 4.26. The molecule has 2 aromatic carbocycles. The lowest BCUT2D eigenvalue weighted by Crippen LogP contribution is -2.53. The molecule has 0 saturated carbocycles.